The molecule has 0 aliphatic heterocycles. The van der Waals surface area contributed by atoms with E-state index < -0.39 is 10.7 Å². The van der Waals surface area contributed by atoms with E-state index in [4.69, 9.17) is 5.11 Å². The van der Waals surface area contributed by atoms with Gasteiger partial charge in [0.15, 0.2) is 0 Å². The van der Waals surface area contributed by atoms with Gasteiger partial charge >= 0.3 is 0 Å². The van der Waals surface area contributed by atoms with Crippen LogP contribution in [0.25, 0.3) is 0 Å². The Morgan fingerprint density at radius 2 is 2.38 bits per heavy atom. The number of thioether (sulfide) groups is 1. The fourth-order valence-corrected chi connectivity index (χ4v) is 1.37. The van der Waals surface area contributed by atoms with Crippen molar-refractivity contribution in [2.75, 3.05) is 11.6 Å². The van der Waals surface area contributed by atoms with Gasteiger partial charge in [-0.05, 0) is 18.4 Å². The first kappa shape index (κ1) is 12.3. The monoisotopic (exact) mass is 244 g/mol. The van der Waals surface area contributed by atoms with Gasteiger partial charge in [0, 0.05) is 6.07 Å². The number of nitrogens with one attached hydrogen (secondary N) is 1. The summed E-state index contributed by atoms with van der Waals surface area (Å²) < 4.78 is 13.3. The molecule has 1 aromatic carbocycles. The quantitative estimate of drug-likeness (QED) is 0.483. The lowest BCUT2D eigenvalue weighted by Gasteiger charge is -2.07. The molecule has 0 fully saturated rings. The van der Waals surface area contributed by atoms with Gasteiger partial charge in [0.05, 0.1) is 10.6 Å². The molecule has 0 saturated carbocycles. The van der Waals surface area contributed by atoms with E-state index in [2.05, 4.69) is 5.32 Å². The minimum atomic E-state index is -0.678. The Balaban J connectivity index is 2.90. The SMILES string of the molecule is CS/C(=C\[N+](=O)[O-])Nc1ccc(O)cc1F. The predicted molar refractivity (Wildman–Crippen MR) is 60.3 cm³/mol. The Labute approximate surface area is 95.1 Å². The molecule has 2 N–H and O–H groups in total. The number of halogens is 1. The maximum absolute atomic E-state index is 13.3. The van der Waals surface area contributed by atoms with Crippen LogP contribution in [0.1, 0.15) is 0 Å². The van der Waals surface area contributed by atoms with Crippen molar-refractivity contribution >= 4 is 17.4 Å². The lowest BCUT2D eigenvalue weighted by molar-refractivity contribution is -0.402. The Kier molecular flexibility index (Phi) is 4.12. The van der Waals surface area contributed by atoms with Gasteiger partial charge in [-0.1, -0.05) is 0 Å². The van der Waals surface area contributed by atoms with Crippen LogP contribution < -0.4 is 5.32 Å². The molecule has 5 nitrogen and oxygen atoms in total. The standard InChI is InChI=1S/C9H9FN2O3S/c1-16-9(5-12(14)15)11-8-3-2-6(13)4-7(8)10/h2-5,11,13H,1H3/b9-5-. The number of rotatable bonds is 4. The fourth-order valence-electron chi connectivity index (χ4n) is 0.970. The van der Waals surface area contributed by atoms with Crippen molar-refractivity contribution in [2.45, 2.75) is 0 Å². The van der Waals surface area contributed by atoms with E-state index in [1.165, 1.54) is 12.1 Å². The number of nitrogens with zero attached hydrogens (tertiary/aromatic N) is 1. The Hall–Kier alpha value is -1.76. The Morgan fingerprint density at radius 1 is 1.69 bits per heavy atom. The Bertz CT molecular complexity index is 437. The van der Waals surface area contributed by atoms with Crippen LogP contribution in [-0.4, -0.2) is 16.3 Å². The van der Waals surface area contributed by atoms with Crippen molar-refractivity contribution < 1.29 is 14.4 Å². The molecule has 0 spiro atoms. The van der Waals surface area contributed by atoms with Crippen molar-refractivity contribution in [3.63, 3.8) is 0 Å². The van der Waals surface area contributed by atoms with Crippen LogP contribution in [0.4, 0.5) is 10.1 Å². The molecule has 0 atom stereocenters. The summed E-state index contributed by atoms with van der Waals surface area (Å²) >= 11 is 1.09. The molecule has 7 heteroatoms. The second-order valence-corrected chi connectivity index (χ2v) is 3.62. The Morgan fingerprint density at radius 3 is 2.88 bits per heavy atom. The number of benzene rings is 1. The van der Waals surface area contributed by atoms with E-state index in [0.29, 0.717) is 0 Å². The minimum Gasteiger partial charge on any atom is -0.508 e. The highest BCUT2D eigenvalue weighted by Gasteiger charge is 2.07. The lowest BCUT2D eigenvalue weighted by Crippen LogP contribution is -2.00. The number of hydrogen-bond acceptors (Lipinski definition) is 5. The van der Waals surface area contributed by atoms with E-state index in [1.807, 2.05) is 0 Å². The third-order valence-corrected chi connectivity index (χ3v) is 2.30. The van der Waals surface area contributed by atoms with E-state index in [9.17, 15) is 14.5 Å². The van der Waals surface area contributed by atoms with E-state index in [1.54, 1.807) is 6.26 Å². The second kappa shape index (κ2) is 5.36. The first-order valence-electron chi connectivity index (χ1n) is 4.18. The number of nitro groups is 1. The molecule has 0 aromatic heterocycles. The lowest BCUT2D eigenvalue weighted by atomic mass is 10.3. The summed E-state index contributed by atoms with van der Waals surface area (Å²) in [5, 5.41) is 22.0. The summed E-state index contributed by atoms with van der Waals surface area (Å²) in [6.45, 7) is 0. The molecule has 86 valence electrons. The van der Waals surface area contributed by atoms with Crippen LogP contribution in [0.5, 0.6) is 5.75 Å². The van der Waals surface area contributed by atoms with Gasteiger partial charge < -0.3 is 10.4 Å². The average molecular weight is 244 g/mol. The summed E-state index contributed by atoms with van der Waals surface area (Å²) in [6, 6.07) is 3.51. The predicted octanol–water partition coefficient (Wildman–Crippen LogP) is 2.38. The molecule has 0 unspecified atom stereocenters. The molecular weight excluding hydrogens is 235 g/mol. The molecule has 1 aromatic rings. The zero-order valence-electron chi connectivity index (χ0n) is 8.31. The first-order chi connectivity index (χ1) is 7.52. The largest absolute Gasteiger partial charge is 0.508 e. The van der Waals surface area contributed by atoms with Crippen molar-refractivity contribution in [3.8, 4) is 5.75 Å². The van der Waals surface area contributed by atoms with Crippen LogP contribution in [0, 0.1) is 15.9 Å². The summed E-state index contributed by atoms with van der Waals surface area (Å²) in [4.78, 5) is 9.61. The number of hydrogen-bond donors (Lipinski definition) is 2. The molecule has 0 aliphatic rings. The highest BCUT2D eigenvalue weighted by molar-refractivity contribution is 8.02. The van der Waals surface area contributed by atoms with Gasteiger partial charge in [0.2, 0.25) is 0 Å². The third kappa shape index (κ3) is 3.43. The zero-order valence-corrected chi connectivity index (χ0v) is 9.12. The molecule has 0 heterocycles. The topological polar surface area (TPSA) is 75.4 Å². The van der Waals surface area contributed by atoms with E-state index in [0.717, 1.165) is 24.0 Å². The van der Waals surface area contributed by atoms with Gasteiger partial charge in [-0.25, -0.2) is 4.39 Å². The van der Waals surface area contributed by atoms with E-state index >= 15 is 0 Å². The molecule has 0 aliphatic carbocycles. The maximum atomic E-state index is 13.3. The molecular formula is C9H9FN2O3S. The van der Waals surface area contributed by atoms with Crippen LogP contribution in [0.15, 0.2) is 29.4 Å². The van der Waals surface area contributed by atoms with Crippen molar-refractivity contribution in [3.05, 3.63) is 45.4 Å². The highest BCUT2D eigenvalue weighted by Crippen LogP contribution is 2.23. The van der Waals surface area contributed by atoms with Gasteiger partial charge in [0.25, 0.3) is 6.20 Å². The molecule has 1 rings (SSSR count). The number of aromatic hydroxyl groups is 1. The van der Waals surface area contributed by atoms with Gasteiger partial charge in [-0.15, -0.1) is 11.8 Å². The smallest absolute Gasteiger partial charge is 0.264 e. The van der Waals surface area contributed by atoms with Gasteiger partial charge in [-0.2, -0.15) is 0 Å². The van der Waals surface area contributed by atoms with E-state index in [-0.39, 0.29) is 16.5 Å². The summed E-state index contributed by atoms with van der Waals surface area (Å²) in [5.41, 5.74) is 0.0697. The normalized spacial score (nSPS) is 11.2. The van der Waals surface area contributed by atoms with Gasteiger partial charge in [-0.3, -0.25) is 10.1 Å². The van der Waals surface area contributed by atoms with Crippen molar-refractivity contribution in [1.82, 2.24) is 0 Å². The third-order valence-electron chi connectivity index (χ3n) is 1.65. The molecule has 0 bridgehead atoms. The van der Waals surface area contributed by atoms with Crippen LogP contribution >= 0.6 is 11.8 Å². The number of phenolic OH excluding ortho intramolecular Hbond substituents is 1. The fraction of sp³-hybridized carbons (Fsp3) is 0.111. The van der Waals surface area contributed by atoms with Gasteiger partial charge in [0.1, 0.15) is 16.6 Å². The molecule has 0 radical (unpaired) electrons. The van der Waals surface area contributed by atoms with Crippen LogP contribution in [-0.2, 0) is 0 Å². The number of phenols is 1. The second-order valence-electron chi connectivity index (χ2n) is 2.77. The van der Waals surface area contributed by atoms with Crippen molar-refractivity contribution in [1.29, 1.82) is 0 Å². The molecule has 0 amide bonds. The summed E-state index contributed by atoms with van der Waals surface area (Å²) in [5.74, 6) is -0.879. The number of anilines is 1. The summed E-state index contributed by atoms with van der Waals surface area (Å²) in [6.07, 6.45) is 2.37. The maximum Gasteiger partial charge on any atom is 0.264 e. The van der Waals surface area contributed by atoms with Crippen molar-refractivity contribution in [2.24, 2.45) is 0 Å². The highest BCUT2D eigenvalue weighted by atomic mass is 32.2. The zero-order chi connectivity index (χ0) is 12.1. The summed E-state index contributed by atoms with van der Waals surface area (Å²) in [7, 11) is 0. The van der Waals surface area contributed by atoms with Crippen LogP contribution in [0.2, 0.25) is 0 Å². The van der Waals surface area contributed by atoms with Crippen LogP contribution in [0.3, 0.4) is 0 Å². The first-order valence-corrected chi connectivity index (χ1v) is 5.40. The minimum absolute atomic E-state index is 0.0697. The molecule has 0 saturated heterocycles. The molecule has 16 heavy (non-hydrogen) atoms. The average Bonchev–Trinajstić information content (AvgIpc) is 2.20.